The van der Waals surface area contributed by atoms with Gasteiger partial charge in [0, 0.05) is 19.7 Å². The van der Waals surface area contributed by atoms with Crippen molar-refractivity contribution in [2.24, 2.45) is 0 Å². The van der Waals surface area contributed by atoms with Crippen molar-refractivity contribution in [3.8, 4) is 12.3 Å². The first-order chi connectivity index (χ1) is 6.79. The monoisotopic (exact) mass is 198 g/mol. The summed E-state index contributed by atoms with van der Waals surface area (Å²) >= 11 is 0. The SMILES string of the molecule is C#CCN(CC)C(CNCC)COC. The van der Waals surface area contributed by atoms with Gasteiger partial charge in [0.2, 0.25) is 0 Å². The van der Waals surface area contributed by atoms with Gasteiger partial charge in [-0.3, -0.25) is 4.90 Å². The number of hydrogen-bond donors (Lipinski definition) is 1. The summed E-state index contributed by atoms with van der Waals surface area (Å²) in [6, 6.07) is 0.376. The van der Waals surface area contributed by atoms with Crippen molar-refractivity contribution in [2.45, 2.75) is 19.9 Å². The number of terminal acetylenes is 1. The highest BCUT2D eigenvalue weighted by atomic mass is 16.5. The Morgan fingerprint density at radius 3 is 2.64 bits per heavy atom. The maximum absolute atomic E-state index is 5.31. The number of likely N-dealkylation sites (N-methyl/N-ethyl adjacent to an activating group) is 2. The van der Waals surface area contributed by atoms with E-state index in [2.05, 4.69) is 30.0 Å². The zero-order chi connectivity index (χ0) is 10.8. The third-order valence-electron chi connectivity index (χ3n) is 2.21. The summed E-state index contributed by atoms with van der Waals surface area (Å²) < 4.78 is 5.18. The van der Waals surface area contributed by atoms with Crippen LogP contribution in [0.25, 0.3) is 0 Å². The fourth-order valence-corrected chi connectivity index (χ4v) is 1.41. The molecule has 3 nitrogen and oxygen atoms in total. The highest BCUT2D eigenvalue weighted by molar-refractivity contribution is 4.90. The Kier molecular flexibility index (Phi) is 8.65. The van der Waals surface area contributed by atoms with Crippen LogP contribution in [0.4, 0.5) is 0 Å². The fourth-order valence-electron chi connectivity index (χ4n) is 1.41. The van der Waals surface area contributed by atoms with Gasteiger partial charge in [-0.25, -0.2) is 0 Å². The van der Waals surface area contributed by atoms with E-state index in [0.717, 1.165) is 26.2 Å². The van der Waals surface area contributed by atoms with E-state index < -0.39 is 0 Å². The zero-order valence-corrected chi connectivity index (χ0v) is 9.55. The largest absolute Gasteiger partial charge is 0.383 e. The van der Waals surface area contributed by atoms with Crippen LogP contribution in [0.2, 0.25) is 0 Å². The molecule has 0 aliphatic carbocycles. The molecule has 0 aliphatic heterocycles. The maximum atomic E-state index is 5.31. The number of nitrogens with one attached hydrogen (secondary N) is 1. The summed E-state index contributed by atoms with van der Waals surface area (Å²) in [6.07, 6.45) is 5.31. The quantitative estimate of drug-likeness (QED) is 0.577. The first-order valence-electron chi connectivity index (χ1n) is 5.17. The predicted molar refractivity (Wildman–Crippen MR) is 60.3 cm³/mol. The Labute approximate surface area is 87.8 Å². The summed E-state index contributed by atoms with van der Waals surface area (Å²) in [6.45, 7) is 8.50. The van der Waals surface area contributed by atoms with E-state index in [4.69, 9.17) is 11.2 Å². The van der Waals surface area contributed by atoms with Crippen LogP contribution in [-0.2, 0) is 4.74 Å². The number of nitrogens with zero attached hydrogens (tertiary/aromatic N) is 1. The molecule has 1 unspecified atom stereocenters. The van der Waals surface area contributed by atoms with E-state index in [1.807, 2.05) is 0 Å². The molecule has 0 saturated carbocycles. The van der Waals surface area contributed by atoms with Gasteiger partial charge < -0.3 is 10.1 Å². The molecule has 0 rings (SSSR count). The van der Waals surface area contributed by atoms with E-state index in [0.29, 0.717) is 12.6 Å². The molecule has 82 valence electrons. The molecular weight excluding hydrogens is 176 g/mol. The average Bonchev–Trinajstić information content (AvgIpc) is 2.21. The van der Waals surface area contributed by atoms with Crippen molar-refractivity contribution < 1.29 is 4.74 Å². The minimum atomic E-state index is 0.376. The molecule has 0 spiro atoms. The Morgan fingerprint density at radius 1 is 1.50 bits per heavy atom. The van der Waals surface area contributed by atoms with Crippen molar-refractivity contribution in [3.63, 3.8) is 0 Å². The Bertz CT molecular complexity index is 165. The van der Waals surface area contributed by atoms with Crippen molar-refractivity contribution in [2.75, 3.05) is 39.9 Å². The summed E-state index contributed by atoms with van der Waals surface area (Å²) in [5.41, 5.74) is 0. The Morgan fingerprint density at radius 2 is 2.21 bits per heavy atom. The van der Waals surface area contributed by atoms with Gasteiger partial charge in [0.15, 0.2) is 0 Å². The van der Waals surface area contributed by atoms with Crippen LogP contribution in [0.3, 0.4) is 0 Å². The molecule has 0 aliphatic rings. The fraction of sp³-hybridized carbons (Fsp3) is 0.818. The van der Waals surface area contributed by atoms with Gasteiger partial charge in [0.25, 0.3) is 0 Å². The Balaban J connectivity index is 4.06. The van der Waals surface area contributed by atoms with E-state index in [1.54, 1.807) is 7.11 Å². The summed E-state index contributed by atoms with van der Waals surface area (Å²) in [4.78, 5) is 2.24. The molecular formula is C11H22N2O. The number of rotatable bonds is 8. The number of methoxy groups -OCH3 is 1. The van der Waals surface area contributed by atoms with Crippen LogP contribution in [0.5, 0.6) is 0 Å². The second kappa shape index (κ2) is 9.01. The van der Waals surface area contributed by atoms with E-state index in [9.17, 15) is 0 Å². The lowest BCUT2D eigenvalue weighted by Gasteiger charge is -2.28. The first-order valence-corrected chi connectivity index (χ1v) is 5.17. The van der Waals surface area contributed by atoms with Crippen molar-refractivity contribution in [1.29, 1.82) is 0 Å². The summed E-state index contributed by atoms with van der Waals surface area (Å²) in [5.74, 6) is 2.68. The molecule has 0 saturated heterocycles. The van der Waals surface area contributed by atoms with Crippen LogP contribution in [-0.4, -0.2) is 50.8 Å². The molecule has 0 heterocycles. The van der Waals surface area contributed by atoms with Gasteiger partial charge in [-0.1, -0.05) is 19.8 Å². The molecule has 14 heavy (non-hydrogen) atoms. The van der Waals surface area contributed by atoms with Gasteiger partial charge >= 0.3 is 0 Å². The number of ether oxygens (including phenoxy) is 1. The predicted octanol–water partition coefficient (Wildman–Crippen LogP) is 0.566. The van der Waals surface area contributed by atoms with Gasteiger partial charge in [-0.2, -0.15) is 0 Å². The molecule has 1 N–H and O–H groups in total. The standard InChI is InChI=1S/C11H22N2O/c1-5-8-13(7-3)11(10-14-4)9-12-6-2/h1,11-12H,6-10H2,2-4H3. The van der Waals surface area contributed by atoms with Gasteiger partial charge in [0.1, 0.15) is 0 Å². The molecule has 1 atom stereocenters. The molecule has 0 radical (unpaired) electrons. The highest BCUT2D eigenvalue weighted by Crippen LogP contribution is 1.98. The third kappa shape index (κ3) is 5.23. The third-order valence-corrected chi connectivity index (χ3v) is 2.21. The van der Waals surface area contributed by atoms with Crippen LogP contribution < -0.4 is 5.32 Å². The molecule has 0 amide bonds. The van der Waals surface area contributed by atoms with E-state index in [-0.39, 0.29) is 0 Å². The van der Waals surface area contributed by atoms with Crippen molar-refractivity contribution in [1.82, 2.24) is 10.2 Å². The second-order valence-corrected chi connectivity index (χ2v) is 3.18. The lowest BCUT2D eigenvalue weighted by Crippen LogP contribution is -2.45. The lowest BCUT2D eigenvalue weighted by atomic mass is 10.2. The maximum Gasteiger partial charge on any atom is 0.0630 e. The zero-order valence-electron chi connectivity index (χ0n) is 9.55. The van der Waals surface area contributed by atoms with Crippen molar-refractivity contribution >= 4 is 0 Å². The lowest BCUT2D eigenvalue weighted by molar-refractivity contribution is 0.101. The second-order valence-electron chi connectivity index (χ2n) is 3.18. The normalized spacial score (nSPS) is 12.8. The molecule has 0 aromatic rings. The first kappa shape index (κ1) is 13.4. The molecule has 3 heteroatoms. The van der Waals surface area contributed by atoms with E-state index in [1.165, 1.54) is 0 Å². The van der Waals surface area contributed by atoms with Crippen LogP contribution in [0.15, 0.2) is 0 Å². The number of hydrogen-bond acceptors (Lipinski definition) is 3. The van der Waals surface area contributed by atoms with Crippen LogP contribution in [0, 0.1) is 12.3 Å². The van der Waals surface area contributed by atoms with Gasteiger partial charge in [-0.05, 0) is 13.1 Å². The van der Waals surface area contributed by atoms with Crippen molar-refractivity contribution in [3.05, 3.63) is 0 Å². The smallest absolute Gasteiger partial charge is 0.0630 e. The van der Waals surface area contributed by atoms with Crippen LogP contribution in [0.1, 0.15) is 13.8 Å². The van der Waals surface area contributed by atoms with Gasteiger partial charge in [0.05, 0.1) is 13.2 Å². The molecule has 0 fully saturated rings. The summed E-state index contributed by atoms with van der Waals surface area (Å²) in [7, 11) is 1.72. The van der Waals surface area contributed by atoms with Gasteiger partial charge in [-0.15, -0.1) is 6.42 Å². The molecule has 0 aromatic heterocycles. The van der Waals surface area contributed by atoms with Crippen LogP contribution >= 0.6 is 0 Å². The topological polar surface area (TPSA) is 24.5 Å². The average molecular weight is 198 g/mol. The highest BCUT2D eigenvalue weighted by Gasteiger charge is 2.14. The van der Waals surface area contributed by atoms with E-state index >= 15 is 0 Å². The minimum absolute atomic E-state index is 0.376. The summed E-state index contributed by atoms with van der Waals surface area (Å²) in [5, 5.41) is 3.32. The molecule has 0 aromatic carbocycles. The minimum Gasteiger partial charge on any atom is -0.383 e. The molecule has 0 bridgehead atoms. The Hall–Kier alpha value is -0.560.